The van der Waals surface area contributed by atoms with Gasteiger partial charge >= 0.3 is 11.9 Å². The molecule has 1 aliphatic heterocycles. The number of pyridine rings is 1. The highest BCUT2D eigenvalue weighted by molar-refractivity contribution is 5.59. The number of nitro groups is 1. The van der Waals surface area contributed by atoms with Gasteiger partial charge in [-0.15, -0.1) is 0 Å². The lowest BCUT2D eigenvalue weighted by Gasteiger charge is -2.34. The zero-order valence-corrected chi connectivity index (χ0v) is 10.9. The van der Waals surface area contributed by atoms with E-state index in [-0.39, 0.29) is 11.9 Å². The van der Waals surface area contributed by atoms with Crippen molar-refractivity contribution in [3.63, 3.8) is 0 Å². The Morgan fingerprint density at radius 1 is 1.45 bits per heavy atom. The maximum absolute atomic E-state index is 12.6. The van der Waals surface area contributed by atoms with E-state index in [0.29, 0.717) is 18.8 Å². The number of aromatic nitrogens is 1. The molecule has 8 heteroatoms. The maximum atomic E-state index is 12.6. The molecule has 2 heterocycles. The second-order valence-corrected chi connectivity index (χ2v) is 4.86. The van der Waals surface area contributed by atoms with Crippen LogP contribution in [-0.2, 0) is 6.18 Å². The molecule has 110 valence electrons. The minimum absolute atomic E-state index is 0.0233. The van der Waals surface area contributed by atoms with Gasteiger partial charge in [-0.05, 0) is 26.2 Å². The van der Waals surface area contributed by atoms with E-state index in [1.54, 1.807) is 4.90 Å². The molecular weight excluding hydrogens is 275 g/mol. The molecule has 0 amide bonds. The number of anilines is 1. The third-order valence-electron chi connectivity index (χ3n) is 3.45. The van der Waals surface area contributed by atoms with E-state index >= 15 is 0 Å². The van der Waals surface area contributed by atoms with E-state index in [0.717, 1.165) is 19.3 Å². The molecule has 0 N–H and O–H groups in total. The molecule has 1 atom stereocenters. The van der Waals surface area contributed by atoms with Gasteiger partial charge in [0.05, 0.1) is 10.5 Å². The van der Waals surface area contributed by atoms with Crippen LogP contribution in [0.15, 0.2) is 12.3 Å². The first kappa shape index (κ1) is 14.5. The molecule has 0 radical (unpaired) electrons. The van der Waals surface area contributed by atoms with Crippen molar-refractivity contribution in [2.75, 3.05) is 11.4 Å². The Balaban J connectivity index is 2.45. The van der Waals surface area contributed by atoms with Crippen LogP contribution < -0.4 is 4.90 Å². The fraction of sp³-hybridized carbons (Fsp3) is 0.583. The minimum Gasteiger partial charge on any atom is -0.348 e. The van der Waals surface area contributed by atoms with Crippen LogP contribution in [0.3, 0.4) is 0 Å². The molecule has 2 rings (SSSR count). The van der Waals surface area contributed by atoms with Crippen molar-refractivity contribution in [3.8, 4) is 0 Å². The lowest BCUT2D eigenvalue weighted by Crippen LogP contribution is -2.38. The second kappa shape index (κ2) is 5.26. The molecule has 0 aromatic carbocycles. The fourth-order valence-electron chi connectivity index (χ4n) is 2.37. The number of hydrogen-bond donors (Lipinski definition) is 0. The summed E-state index contributed by atoms with van der Waals surface area (Å²) in [7, 11) is 0. The first-order valence-corrected chi connectivity index (χ1v) is 6.29. The van der Waals surface area contributed by atoms with Gasteiger partial charge in [-0.2, -0.15) is 13.2 Å². The molecule has 0 aliphatic carbocycles. The van der Waals surface area contributed by atoms with E-state index in [1.807, 2.05) is 6.92 Å². The van der Waals surface area contributed by atoms with Gasteiger partial charge in [0.25, 0.3) is 0 Å². The molecule has 1 aromatic rings. The van der Waals surface area contributed by atoms with Crippen molar-refractivity contribution in [1.29, 1.82) is 0 Å². The van der Waals surface area contributed by atoms with Crippen LogP contribution in [0.1, 0.15) is 31.7 Å². The normalized spacial score (nSPS) is 20.0. The van der Waals surface area contributed by atoms with Gasteiger partial charge in [0.15, 0.2) is 0 Å². The topological polar surface area (TPSA) is 59.3 Å². The van der Waals surface area contributed by atoms with Crippen LogP contribution in [-0.4, -0.2) is 22.5 Å². The quantitative estimate of drug-likeness (QED) is 0.618. The zero-order valence-electron chi connectivity index (χ0n) is 10.9. The third-order valence-corrected chi connectivity index (χ3v) is 3.45. The van der Waals surface area contributed by atoms with Crippen LogP contribution in [0.25, 0.3) is 0 Å². The third kappa shape index (κ3) is 2.83. The standard InChI is InChI=1S/C12H14F3N3O2/c1-8-4-2-3-5-17(8)11-10(18(19)20)6-9(7-16-11)12(13,14)15/h6-8H,2-5H2,1H3. The Morgan fingerprint density at radius 2 is 2.15 bits per heavy atom. The summed E-state index contributed by atoms with van der Waals surface area (Å²) < 4.78 is 37.8. The Hall–Kier alpha value is -1.86. The summed E-state index contributed by atoms with van der Waals surface area (Å²) in [6.45, 7) is 2.46. The highest BCUT2D eigenvalue weighted by Crippen LogP contribution is 2.36. The summed E-state index contributed by atoms with van der Waals surface area (Å²) in [5.41, 5.74) is -1.69. The molecule has 0 saturated carbocycles. The van der Waals surface area contributed by atoms with Gasteiger partial charge in [-0.25, -0.2) is 4.98 Å². The van der Waals surface area contributed by atoms with E-state index in [2.05, 4.69) is 4.98 Å². The van der Waals surface area contributed by atoms with Crippen molar-refractivity contribution in [2.45, 2.75) is 38.4 Å². The molecule has 1 fully saturated rings. The molecule has 1 unspecified atom stereocenters. The van der Waals surface area contributed by atoms with E-state index in [9.17, 15) is 23.3 Å². The van der Waals surface area contributed by atoms with E-state index in [1.165, 1.54) is 0 Å². The summed E-state index contributed by atoms with van der Waals surface area (Å²) >= 11 is 0. The molecule has 5 nitrogen and oxygen atoms in total. The summed E-state index contributed by atoms with van der Waals surface area (Å²) in [5.74, 6) is 0.0233. The zero-order chi connectivity index (χ0) is 14.9. The van der Waals surface area contributed by atoms with E-state index in [4.69, 9.17) is 0 Å². The fourth-order valence-corrected chi connectivity index (χ4v) is 2.37. The van der Waals surface area contributed by atoms with Gasteiger partial charge < -0.3 is 4.90 Å². The van der Waals surface area contributed by atoms with Gasteiger partial charge in [0.2, 0.25) is 5.82 Å². The van der Waals surface area contributed by atoms with Crippen molar-refractivity contribution in [3.05, 3.63) is 27.9 Å². The Kier molecular flexibility index (Phi) is 3.82. The number of halogens is 3. The number of piperidine rings is 1. The van der Waals surface area contributed by atoms with Gasteiger partial charge in [-0.3, -0.25) is 10.1 Å². The highest BCUT2D eigenvalue weighted by atomic mass is 19.4. The highest BCUT2D eigenvalue weighted by Gasteiger charge is 2.35. The Bertz CT molecular complexity index is 519. The van der Waals surface area contributed by atoms with Crippen LogP contribution in [0.5, 0.6) is 0 Å². The smallest absolute Gasteiger partial charge is 0.348 e. The first-order chi connectivity index (χ1) is 9.30. The van der Waals surface area contributed by atoms with Crippen molar-refractivity contribution >= 4 is 11.5 Å². The number of rotatable bonds is 2. The maximum Gasteiger partial charge on any atom is 0.418 e. The predicted molar refractivity (Wildman–Crippen MR) is 66.6 cm³/mol. The molecule has 0 spiro atoms. The average molecular weight is 289 g/mol. The molecular formula is C12H14F3N3O2. The molecule has 20 heavy (non-hydrogen) atoms. The summed E-state index contributed by atoms with van der Waals surface area (Å²) in [5, 5.41) is 11.0. The predicted octanol–water partition coefficient (Wildman–Crippen LogP) is 3.39. The van der Waals surface area contributed by atoms with Crippen molar-refractivity contribution < 1.29 is 18.1 Å². The summed E-state index contributed by atoms with van der Waals surface area (Å²) in [4.78, 5) is 15.6. The summed E-state index contributed by atoms with van der Waals surface area (Å²) in [6, 6.07) is 0.593. The van der Waals surface area contributed by atoms with Gasteiger partial charge in [-0.1, -0.05) is 0 Å². The largest absolute Gasteiger partial charge is 0.418 e. The number of hydrogen-bond acceptors (Lipinski definition) is 4. The molecule has 1 aromatic heterocycles. The van der Waals surface area contributed by atoms with Crippen LogP contribution in [0.4, 0.5) is 24.7 Å². The van der Waals surface area contributed by atoms with Gasteiger partial charge in [0, 0.05) is 24.8 Å². The number of nitrogens with zero attached hydrogens (tertiary/aromatic N) is 3. The lowest BCUT2D eigenvalue weighted by molar-refractivity contribution is -0.384. The Labute approximate surface area is 113 Å². The monoisotopic (exact) mass is 289 g/mol. The molecule has 1 saturated heterocycles. The van der Waals surface area contributed by atoms with Crippen LogP contribution >= 0.6 is 0 Å². The Morgan fingerprint density at radius 3 is 2.70 bits per heavy atom. The van der Waals surface area contributed by atoms with Crippen molar-refractivity contribution in [2.24, 2.45) is 0 Å². The van der Waals surface area contributed by atoms with Crippen LogP contribution in [0, 0.1) is 10.1 Å². The minimum atomic E-state index is -4.64. The lowest BCUT2D eigenvalue weighted by atomic mass is 10.0. The number of alkyl halides is 3. The SMILES string of the molecule is CC1CCCCN1c1ncc(C(F)(F)F)cc1[N+](=O)[O-]. The second-order valence-electron chi connectivity index (χ2n) is 4.86. The van der Waals surface area contributed by atoms with Crippen molar-refractivity contribution in [1.82, 2.24) is 4.98 Å². The first-order valence-electron chi connectivity index (χ1n) is 6.29. The summed E-state index contributed by atoms with van der Waals surface area (Å²) in [6.07, 6.45) is -1.27. The average Bonchev–Trinajstić information content (AvgIpc) is 2.37. The van der Waals surface area contributed by atoms with E-state index < -0.39 is 22.4 Å². The molecule has 1 aliphatic rings. The molecule has 0 bridgehead atoms. The van der Waals surface area contributed by atoms with Gasteiger partial charge in [0.1, 0.15) is 0 Å². The van der Waals surface area contributed by atoms with Crippen LogP contribution in [0.2, 0.25) is 0 Å².